The molecule has 5 fully saturated rings. The van der Waals surface area contributed by atoms with E-state index in [1.165, 1.54) is 44.1 Å². The van der Waals surface area contributed by atoms with Crippen molar-refractivity contribution in [3.8, 4) is 0 Å². The zero-order valence-corrected chi connectivity index (χ0v) is 25.5. The summed E-state index contributed by atoms with van der Waals surface area (Å²) in [6.07, 6.45) is 5.25. The summed E-state index contributed by atoms with van der Waals surface area (Å²) in [7, 11) is 0. The van der Waals surface area contributed by atoms with E-state index in [1.807, 2.05) is 0 Å². The van der Waals surface area contributed by atoms with E-state index >= 15 is 0 Å². The predicted octanol–water partition coefficient (Wildman–Crippen LogP) is 3.52. The summed E-state index contributed by atoms with van der Waals surface area (Å²) >= 11 is 0. The van der Waals surface area contributed by atoms with Gasteiger partial charge in [0, 0.05) is 12.3 Å². The third kappa shape index (κ3) is 5.01. The summed E-state index contributed by atoms with van der Waals surface area (Å²) in [6.45, 7) is 9.39. The van der Waals surface area contributed by atoms with Crippen molar-refractivity contribution >= 4 is 0 Å². The van der Waals surface area contributed by atoms with Crippen LogP contribution in [-0.4, -0.2) is 81.7 Å². The molecule has 234 valence electrons. The minimum atomic E-state index is -1.42. The average molecular weight is 579 g/mol. The number of rotatable bonds is 7. The Morgan fingerprint density at radius 1 is 0.927 bits per heavy atom. The van der Waals surface area contributed by atoms with Gasteiger partial charge < -0.3 is 39.7 Å². The maximum atomic E-state index is 10.4. The zero-order valence-electron chi connectivity index (χ0n) is 25.5. The summed E-state index contributed by atoms with van der Waals surface area (Å²) < 4.78 is 18.0. The Kier molecular flexibility index (Phi) is 8.36. The highest BCUT2D eigenvalue weighted by atomic mass is 16.7. The Hall–Kier alpha value is -0.740. The molecule has 0 radical (unpaired) electrons. The first-order valence-electron chi connectivity index (χ1n) is 16.4. The highest BCUT2D eigenvalue weighted by Gasteiger charge is 2.64. The molecule has 15 atom stereocenters. The maximum Gasteiger partial charge on any atom is 0.186 e. The molecule has 4 saturated carbocycles. The van der Waals surface area contributed by atoms with Crippen LogP contribution in [-0.2, 0) is 14.2 Å². The normalized spacial score (nSPS) is 51.8. The van der Waals surface area contributed by atoms with Crippen LogP contribution < -0.4 is 0 Å². The van der Waals surface area contributed by atoms with Gasteiger partial charge in [-0.2, -0.15) is 0 Å². The van der Waals surface area contributed by atoms with E-state index in [0.717, 1.165) is 49.2 Å². The SMILES string of the molecule is CC1=C(CC[C@H](C)CO[C@@H]2O[C@H](CO)[C@@H](O)[C@H](O)[C@H]2O)O[C@H]2C[C@H]3[C@@H]4CC[C@@H]5C[C@@H](O)CC[C@]5(C)[C@H]4CC[C@]3(C)[C@@H]12. The van der Waals surface area contributed by atoms with Crippen LogP contribution in [0.4, 0.5) is 0 Å². The Morgan fingerprint density at radius 2 is 1.68 bits per heavy atom. The second-order valence-electron chi connectivity index (χ2n) is 15.3. The van der Waals surface area contributed by atoms with Crippen molar-refractivity contribution in [3.63, 3.8) is 0 Å². The van der Waals surface area contributed by atoms with E-state index in [0.29, 0.717) is 29.3 Å². The lowest BCUT2D eigenvalue weighted by Crippen LogP contribution is -2.59. The van der Waals surface area contributed by atoms with Crippen LogP contribution in [0.15, 0.2) is 11.3 Å². The summed E-state index contributed by atoms with van der Waals surface area (Å²) in [5.41, 5.74) is 2.14. The van der Waals surface area contributed by atoms with E-state index in [4.69, 9.17) is 14.2 Å². The molecule has 2 aliphatic heterocycles. The van der Waals surface area contributed by atoms with Gasteiger partial charge in [-0.15, -0.1) is 0 Å². The largest absolute Gasteiger partial charge is 0.494 e. The minimum absolute atomic E-state index is 0.0917. The van der Waals surface area contributed by atoms with Gasteiger partial charge in [-0.3, -0.25) is 0 Å². The molecule has 0 unspecified atom stereocenters. The van der Waals surface area contributed by atoms with Gasteiger partial charge in [0.05, 0.1) is 25.1 Å². The van der Waals surface area contributed by atoms with Crippen molar-refractivity contribution in [3.05, 3.63) is 11.3 Å². The van der Waals surface area contributed by atoms with Crippen LogP contribution in [0.2, 0.25) is 0 Å². The van der Waals surface area contributed by atoms with E-state index < -0.39 is 37.3 Å². The Morgan fingerprint density at radius 3 is 2.44 bits per heavy atom. The molecule has 5 N–H and O–H groups in total. The van der Waals surface area contributed by atoms with Gasteiger partial charge in [-0.1, -0.05) is 20.8 Å². The molecule has 0 amide bonds. The molecule has 6 rings (SSSR count). The molecule has 0 bridgehead atoms. The second-order valence-corrected chi connectivity index (χ2v) is 15.3. The Bertz CT molecular complexity index is 984. The second kappa shape index (κ2) is 11.3. The van der Waals surface area contributed by atoms with Crippen LogP contribution in [0, 0.1) is 46.3 Å². The van der Waals surface area contributed by atoms with Crippen LogP contribution >= 0.6 is 0 Å². The summed E-state index contributed by atoms with van der Waals surface area (Å²) in [4.78, 5) is 0. The molecule has 41 heavy (non-hydrogen) atoms. The molecule has 0 aromatic heterocycles. The minimum Gasteiger partial charge on any atom is -0.494 e. The predicted molar refractivity (Wildman–Crippen MR) is 152 cm³/mol. The molecule has 0 spiro atoms. The summed E-state index contributed by atoms with van der Waals surface area (Å²) in [5, 5.41) is 50.0. The fourth-order valence-electron chi connectivity index (χ4n) is 10.7. The number of ether oxygens (including phenoxy) is 3. The van der Waals surface area contributed by atoms with Crippen LogP contribution in [0.5, 0.6) is 0 Å². The third-order valence-electron chi connectivity index (χ3n) is 13.1. The van der Waals surface area contributed by atoms with Gasteiger partial charge in [-0.25, -0.2) is 0 Å². The van der Waals surface area contributed by atoms with Crippen molar-refractivity contribution in [2.45, 2.75) is 135 Å². The third-order valence-corrected chi connectivity index (χ3v) is 13.1. The fraction of sp³-hybridized carbons (Fsp3) is 0.939. The number of aliphatic hydroxyl groups is 5. The quantitative estimate of drug-likeness (QED) is 0.311. The average Bonchev–Trinajstić information content (AvgIpc) is 3.43. The smallest absolute Gasteiger partial charge is 0.186 e. The first kappa shape index (κ1) is 30.3. The van der Waals surface area contributed by atoms with Gasteiger partial charge >= 0.3 is 0 Å². The lowest BCUT2D eigenvalue weighted by atomic mass is 9.44. The lowest BCUT2D eigenvalue weighted by molar-refractivity contribution is -0.303. The maximum absolute atomic E-state index is 10.4. The highest BCUT2D eigenvalue weighted by Crippen LogP contribution is 2.69. The van der Waals surface area contributed by atoms with Crippen molar-refractivity contribution < 1.29 is 39.7 Å². The first-order valence-corrected chi connectivity index (χ1v) is 16.4. The Labute approximate surface area is 245 Å². The van der Waals surface area contributed by atoms with E-state index in [-0.39, 0.29) is 18.1 Å². The van der Waals surface area contributed by atoms with Crippen molar-refractivity contribution in [2.75, 3.05) is 13.2 Å². The van der Waals surface area contributed by atoms with E-state index in [2.05, 4.69) is 27.7 Å². The van der Waals surface area contributed by atoms with Gasteiger partial charge in [0.1, 0.15) is 30.5 Å². The van der Waals surface area contributed by atoms with Crippen molar-refractivity contribution in [1.82, 2.24) is 0 Å². The van der Waals surface area contributed by atoms with Crippen molar-refractivity contribution in [1.29, 1.82) is 0 Å². The number of aliphatic hydroxyl groups excluding tert-OH is 5. The molecule has 4 aliphatic carbocycles. The molecule has 2 heterocycles. The number of allylic oxidation sites excluding steroid dienone is 1. The van der Waals surface area contributed by atoms with E-state index in [9.17, 15) is 25.5 Å². The van der Waals surface area contributed by atoms with Crippen LogP contribution in [0.3, 0.4) is 0 Å². The summed E-state index contributed by atoms with van der Waals surface area (Å²) in [5.74, 6) is 4.82. The molecule has 6 aliphatic rings. The molecule has 1 saturated heterocycles. The lowest BCUT2D eigenvalue weighted by Gasteiger charge is -2.60. The fourth-order valence-corrected chi connectivity index (χ4v) is 10.7. The molecule has 8 nitrogen and oxygen atoms in total. The molecule has 8 heteroatoms. The monoisotopic (exact) mass is 578 g/mol. The first-order chi connectivity index (χ1) is 19.5. The molecule has 0 aromatic rings. The number of fused-ring (bicyclic) bond motifs is 7. The summed E-state index contributed by atoms with van der Waals surface area (Å²) in [6, 6.07) is 0. The van der Waals surface area contributed by atoms with E-state index in [1.54, 1.807) is 0 Å². The van der Waals surface area contributed by atoms with Gasteiger partial charge in [0.2, 0.25) is 0 Å². The van der Waals surface area contributed by atoms with Crippen LogP contribution in [0.25, 0.3) is 0 Å². The molecular weight excluding hydrogens is 524 g/mol. The molecule has 0 aromatic carbocycles. The number of hydrogen-bond donors (Lipinski definition) is 5. The zero-order chi connectivity index (χ0) is 29.3. The van der Waals surface area contributed by atoms with Gasteiger partial charge in [-0.05, 0) is 111 Å². The topological polar surface area (TPSA) is 129 Å². The van der Waals surface area contributed by atoms with Crippen LogP contribution in [0.1, 0.15) is 91.9 Å². The van der Waals surface area contributed by atoms with Gasteiger partial charge in [0.15, 0.2) is 6.29 Å². The van der Waals surface area contributed by atoms with Gasteiger partial charge in [0.25, 0.3) is 0 Å². The highest BCUT2D eigenvalue weighted by molar-refractivity contribution is 5.26. The van der Waals surface area contributed by atoms with Crippen molar-refractivity contribution in [2.24, 2.45) is 46.3 Å². The number of hydrogen-bond acceptors (Lipinski definition) is 8. The molecular formula is C33H54O8. The Balaban J connectivity index is 1.06. The standard InChI is InChI=1S/C33H54O8/c1-17(16-39-31-30(38)29(37)28(36)26(15-34)41-31)5-8-24-18(2)27-25(40-24)14-23-21-7-6-19-13-20(35)9-11-32(19,3)22(21)10-12-33(23,27)4/h17,19-23,25-31,34-38H,5-16H2,1-4H3/t17-,19+,20-,21+,22-,23-,25-,26+,27-,28+,29-,30+,31+,32-,33-/m0/s1.